The third-order valence-electron chi connectivity index (χ3n) is 8.28. The maximum absolute atomic E-state index is 11.4. The lowest BCUT2D eigenvalue weighted by molar-refractivity contribution is -0.294. The van der Waals surface area contributed by atoms with Crippen molar-refractivity contribution in [3.05, 3.63) is 29.8 Å². The van der Waals surface area contributed by atoms with E-state index in [9.17, 15) is 4.79 Å². The molecule has 6 heteroatoms. The molecule has 1 heterocycles. The molecule has 0 unspecified atom stereocenters. The van der Waals surface area contributed by atoms with Crippen LogP contribution in [0.5, 0.6) is 5.75 Å². The standard InChI is InChI=1S/C29H50O5Si/c1-12-25(34-35(10,11)29(6,7)8)21(4)27-22(5)26(20(3)17-19(2)18-30)32-28(33-27)23-13-15-24(31-9)16-14-23/h13-16,18-22,25-28H,12,17H2,1-11H3/t19-,20+,21-,22-,25+,26-,27-,28+/m0/s1. The van der Waals surface area contributed by atoms with Crippen LogP contribution in [0, 0.1) is 23.7 Å². The first kappa shape index (κ1) is 30.0. The van der Waals surface area contributed by atoms with Crippen LogP contribution in [0.2, 0.25) is 18.1 Å². The van der Waals surface area contributed by atoms with Crippen LogP contribution in [0.1, 0.15) is 80.1 Å². The highest BCUT2D eigenvalue weighted by atomic mass is 28.4. The van der Waals surface area contributed by atoms with Crippen molar-refractivity contribution < 1.29 is 23.4 Å². The number of hydrogen-bond donors (Lipinski definition) is 0. The van der Waals surface area contributed by atoms with Crippen LogP contribution in [-0.2, 0) is 18.7 Å². The van der Waals surface area contributed by atoms with Crippen molar-refractivity contribution in [2.75, 3.05) is 7.11 Å². The number of rotatable bonds is 11. The number of hydrogen-bond acceptors (Lipinski definition) is 5. The van der Waals surface area contributed by atoms with Crippen molar-refractivity contribution in [2.45, 2.75) is 111 Å². The molecule has 1 aromatic carbocycles. The zero-order valence-corrected chi connectivity index (χ0v) is 25.0. The molecular weight excluding hydrogens is 456 g/mol. The third-order valence-corrected chi connectivity index (χ3v) is 12.8. The van der Waals surface area contributed by atoms with E-state index in [0.717, 1.165) is 30.4 Å². The molecular formula is C29H50O5Si. The van der Waals surface area contributed by atoms with Gasteiger partial charge in [0.25, 0.3) is 0 Å². The Hall–Kier alpha value is -1.21. The summed E-state index contributed by atoms with van der Waals surface area (Å²) in [5.74, 6) is 1.41. The normalized spacial score (nSPS) is 27.1. The molecule has 200 valence electrons. The molecule has 5 nitrogen and oxygen atoms in total. The van der Waals surface area contributed by atoms with Crippen LogP contribution in [0.25, 0.3) is 0 Å². The Morgan fingerprint density at radius 1 is 1.06 bits per heavy atom. The summed E-state index contributed by atoms with van der Waals surface area (Å²) in [7, 11) is -0.266. The molecule has 1 fully saturated rings. The van der Waals surface area contributed by atoms with Crippen molar-refractivity contribution in [1.29, 1.82) is 0 Å². The predicted octanol–water partition coefficient (Wildman–Crippen LogP) is 7.41. The van der Waals surface area contributed by atoms with Gasteiger partial charge in [-0.15, -0.1) is 0 Å². The third kappa shape index (κ3) is 7.40. The molecule has 0 saturated carbocycles. The minimum Gasteiger partial charge on any atom is -0.497 e. The Morgan fingerprint density at radius 2 is 1.63 bits per heavy atom. The van der Waals surface area contributed by atoms with Gasteiger partial charge >= 0.3 is 0 Å². The van der Waals surface area contributed by atoms with Crippen LogP contribution in [0.4, 0.5) is 0 Å². The monoisotopic (exact) mass is 506 g/mol. The minimum atomic E-state index is -1.93. The quantitative estimate of drug-likeness (QED) is 0.231. The van der Waals surface area contributed by atoms with Gasteiger partial charge in [0, 0.05) is 29.4 Å². The second-order valence-electron chi connectivity index (χ2n) is 12.2. The van der Waals surface area contributed by atoms with Gasteiger partial charge in [-0.3, -0.25) is 0 Å². The predicted molar refractivity (Wildman–Crippen MR) is 145 cm³/mol. The SMILES string of the molecule is CC[C@@H](O[Si](C)(C)C(C)(C)C)[C@H](C)[C@@H]1O[C@H](c2ccc(OC)cc2)O[C@@H]([C@H](C)C[C@H](C)C=O)[C@@H]1C. The van der Waals surface area contributed by atoms with Crippen LogP contribution < -0.4 is 4.74 Å². The maximum Gasteiger partial charge on any atom is 0.192 e. The molecule has 0 bridgehead atoms. The summed E-state index contributed by atoms with van der Waals surface area (Å²) < 4.78 is 25.6. The number of ether oxygens (including phenoxy) is 3. The minimum absolute atomic E-state index is 0.00395. The van der Waals surface area contributed by atoms with Crippen molar-refractivity contribution in [3.63, 3.8) is 0 Å². The number of carbonyl (C=O) groups is 1. The number of methoxy groups -OCH3 is 1. The van der Waals surface area contributed by atoms with E-state index >= 15 is 0 Å². The van der Waals surface area contributed by atoms with Crippen LogP contribution in [0.3, 0.4) is 0 Å². The zero-order valence-electron chi connectivity index (χ0n) is 24.0. The molecule has 2 rings (SSSR count). The summed E-state index contributed by atoms with van der Waals surface area (Å²) in [5.41, 5.74) is 0.980. The van der Waals surface area contributed by atoms with Crippen LogP contribution in [0.15, 0.2) is 24.3 Å². The lowest BCUT2D eigenvalue weighted by atomic mass is 9.78. The lowest BCUT2D eigenvalue weighted by Gasteiger charge is -2.48. The van der Waals surface area contributed by atoms with Gasteiger partial charge in [0.1, 0.15) is 12.0 Å². The first-order valence-corrected chi connectivity index (χ1v) is 16.2. The van der Waals surface area contributed by atoms with E-state index in [-0.39, 0.29) is 47.0 Å². The lowest BCUT2D eigenvalue weighted by Crippen LogP contribution is -2.52. The van der Waals surface area contributed by atoms with Gasteiger partial charge in [-0.1, -0.05) is 67.5 Å². The zero-order chi connectivity index (χ0) is 26.6. The molecule has 0 N–H and O–H groups in total. The average molecular weight is 507 g/mol. The van der Waals surface area contributed by atoms with Gasteiger partial charge in [-0.2, -0.15) is 0 Å². The van der Waals surface area contributed by atoms with Crippen LogP contribution in [-0.4, -0.2) is 40.0 Å². The number of aldehydes is 1. The topological polar surface area (TPSA) is 54.0 Å². The molecule has 0 spiro atoms. The highest BCUT2D eigenvalue weighted by molar-refractivity contribution is 6.74. The summed E-state index contributed by atoms with van der Waals surface area (Å²) in [6.07, 6.45) is 2.39. The number of benzene rings is 1. The molecule has 1 aromatic rings. The Labute approximate surface area is 215 Å². The van der Waals surface area contributed by atoms with Gasteiger partial charge in [0.2, 0.25) is 0 Å². The van der Waals surface area contributed by atoms with Gasteiger partial charge < -0.3 is 23.4 Å². The summed E-state index contributed by atoms with van der Waals surface area (Å²) >= 11 is 0. The smallest absolute Gasteiger partial charge is 0.192 e. The first-order chi connectivity index (χ1) is 16.2. The van der Waals surface area contributed by atoms with E-state index in [1.807, 2.05) is 31.2 Å². The summed E-state index contributed by atoms with van der Waals surface area (Å²) in [4.78, 5) is 11.4. The molecule has 1 aliphatic rings. The highest BCUT2D eigenvalue weighted by Gasteiger charge is 2.46. The fourth-order valence-electron chi connectivity index (χ4n) is 5.03. The van der Waals surface area contributed by atoms with E-state index in [2.05, 4.69) is 61.6 Å². The van der Waals surface area contributed by atoms with Gasteiger partial charge in [0.15, 0.2) is 14.6 Å². The Morgan fingerprint density at radius 3 is 2.11 bits per heavy atom. The van der Waals surface area contributed by atoms with E-state index < -0.39 is 14.6 Å². The van der Waals surface area contributed by atoms with E-state index in [4.69, 9.17) is 18.6 Å². The molecule has 0 aromatic heterocycles. The first-order valence-electron chi connectivity index (χ1n) is 13.3. The van der Waals surface area contributed by atoms with Crippen molar-refractivity contribution in [1.82, 2.24) is 0 Å². The second-order valence-corrected chi connectivity index (χ2v) is 16.9. The Kier molecular flexibility index (Phi) is 10.6. The van der Waals surface area contributed by atoms with Crippen molar-refractivity contribution in [3.8, 4) is 5.75 Å². The van der Waals surface area contributed by atoms with E-state index in [1.165, 1.54) is 0 Å². The highest BCUT2D eigenvalue weighted by Crippen LogP contribution is 2.44. The van der Waals surface area contributed by atoms with Crippen molar-refractivity contribution >= 4 is 14.6 Å². The molecule has 1 saturated heterocycles. The molecule has 0 aliphatic carbocycles. The molecule has 0 radical (unpaired) electrons. The van der Waals surface area contributed by atoms with E-state index in [1.54, 1.807) is 7.11 Å². The largest absolute Gasteiger partial charge is 0.497 e. The fraction of sp³-hybridized carbons (Fsp3) is 0.759. The molecule has 8 atom stereocenters. The number of carbonyl (C=O) groups excluding carboxylic acids is 1. The second kappa shape index (κ2) is 12.4. The van der Waals surface area contributed by atoms with Gasteiger partial charge in [-0.25, -0.2) is 0 Å². The Balaban J connectivity index is 2.36. The summed E-state index contributed by atoms with van der Waals surface area (Å²) in [6, 6.07) is 7.92. The van der Waals surface area contributed by atoms with E-state index in [0.29, 0.717) is 0 Å². The van der Waals surface area contributed by atoms with Crippen LogP contribution >= 0.6 is 0 Å². The summed E-state index contributed by atoms with van der Waals surface area (Å²) in [6.45, 7) is 22.4. The maximum atomic E-state index is 11.4. The molecule has 1 aliphatic heterocycles. The summed E-state index contributed by atoms with van der Waals surface area (Å²) in [5, 5.41) is 0.149. The molecule has 35 heavy (non-hydrogen) atoms. The Bertz CT molecular complexity index is 787. The fourth-order valence-corrected chi connectivity index (χ4v) is 6.52. The van der Waals surface area contributed by atoms with Crippen molar-refractivity contribution in [2.24, 2.45) is 23.7 Å². The van der Waals surface area contributed by atoms with Gasteiger partial charge in [-0.05, 0) is 49.0 Å². The van der Waals surface area contributed by atoms with Gasteiger partial charge in [0.05, 0.1) is 19.3 Å². The molecule has 0 amide bonds. The average Bonchev–Trinajstić information content (AvgIpc) is 2.81.